The molecule has 0 aliphatic carbocycles. The summed E-state index contributed by atoms with van der Waals surface area (Å²) >= 11 is 3.21. The highest BCUT2D eigenvalue weighted by Crippen LogP contribution is 2.24. The maximum atomic E-state index is 13.7. The fourth-order valence-electron chi connectivity index (χ4n) is 1.80. The van der Waals surface area contributed by atoms with Gasteiger partial charge in [0.2, 0.25) is 0 Å². The van der Waals surface area contributed by atoms with Crippen LogP contribution < -0.4 is 5.32 Å². The monoisotopic (exact) mass is 322 g/mol. The second-order valence-corrected chi connectivity index (χ2v) is 4.89. The molecule has 19 heavy (non-hydrogen) atoms. The molecule has 0 spiro atoms. The van der Waals surface area contributed by atoms with Gasteiger partial charge in [-0.25, -0.2) is 4.39 Å². The second kappa shape index (κ2) is 4.51. The Morgan fingerprint density at radius 1 is 1.37 bits per heavy atom. The number of hydrogen-bond donors (Lipinski definition) is 3. The normalized spacial score (nSPS) is 10.8. The van der Waals surface area contributed by atoms with Crippen LogP contribution in [0.15, 0.2) is 35.1 Å². The lowest BCUT2D eigenvalue weighted by Gasteiger charge is -1.98. The van der Waals surface area contributed by atoms with Crippen molar-refractivity contribution in [2.24, 2.45) is 0 Å². The number of benzene rings is 1. The van der Waals surface area contributed by atoms with Gasteiger partial charge in [0.05, 0.1) is 17.4 Å². The Labute approximate surface area is 115 Å². The first-order valence-corrected chi connectivity index (χ1v) is 6.20. The van der Waals surface area contributed by atoms with Crippen LogP contribution >= 0.6 is 15.9 Å². The van der Waals surface area contributed by atoms with Crippen LogP contribution in [0.25, 0.3) is 10.9 Å². The Kier molecular flexibility index (Phi) is 2.83. The van der Waals surface area contributed by atoms with E-state index in [0.29, 0.717) is 21.1 Å². The summed E-state index contributed by atoms with van der Waals surface area (Å²) in [6.07, 6.45) is 3.04. The molecule has 5 nitrogen and oxygen atoms in total. The first-order chi connectivity index (χ1) is 9.13. The Balaban J connectivity index is 1.97. The molecule has 3 aromatic rings. The van der Waals surface area contributed by atoms with Crippen molar-refractivity contribution in [3.05, 3.63) is 46.6 Å². The maximum absolute atomic E-state index is 13.7. The van der Waals surface area contributed by atoms with E-state index in [-0.39, 0.29) is 17.4 Å². The van der Waals surface area contributed by atoms with Crippen molar-refractivity contribution in [2.45, 2.75) is 0 Å². The molecule has 7 heteroatoms. The van der Waals surface area contributed by atoms with E-state index in [9.17, 15) is 9.18 Å². The summed E-state index contributed by atoms with van der Waals surface area (Å²) in [7, 11) is 0. The molecule has 1 amide bonds. The average molecular weight is 323 g/mol. The standard InChI is InChI=1S/C12H8BrFN4O/c13-6-1-9(14)8-3-11(18-10(8)2-6)12(19)17-7-4-15-16-5-7/h1-5,18H,(H,15,16)(H,17,19). The molecule has 0 saturated carbocycles. The van der Waals surface area contributed by atoms with E-state index in [4.69, 9.17) is 0 Å². The summed E-state index contributed by atoms with van der Waals surface area (Å²) in [5, 5.41) is 9.32. The third-order valence-corrected chi connectivity index (χ3v) is 3.11. The highest BCUT2D eigenvalue weighted by atomic mass is 79.9. The highest BCUT2D eigenvalue weighted by molar-refractivity contribution is 9.10. The minimum Gasteiger partial charge on any atom is -0.350 e. The van der Waals surface area contributed by atoms with Crippen LogP contribution in [0, 0.1) is 5.82 Å². The van der Waals surface area contributed by atoms with Crippen LogP contribution in [0.5, 0.6) is 0 Å². The van der Waals surface area contributed by atoms with Crippen molar-refractivity contribution < 1.29 is 9.18 Å². The number of halogens is 2. The third kappa shape index (κ3) is 2.24. The van der Waals surface area contributed by atoms with Crippen LogP contribution in [0.2, 0.25) is 0 Å². The van der Waals surface area contributed by atoms with Crippen molar-refractivity contribution in [3.63, 3.8) is 0 Å². The lowest BCUT2D eigenvalue weighted by molar-refractivity contribution is 0.102. The molecular weight excluding hydrogens is 315 g/mol. The molecule has 1 aromatic carbocycles. The number of aromatic amines is 2. The highest BCUT2D eigenvalue weighted by Gasteiger charge is 2.13. The fraction of sp³-hybridized carbons (Fsp3) is 0. The van der Waals surface area contributed by atoms with Crippen LogP contribution in [0.3, 0.4) is 0 Å². The van der Waals surface area contributed by atoms with Crippen molar-refractivity contribution >= 4 is 38.4 Å². The molecule has 3 N–H and O–H groups in total. The lowest BCUT2D eigenvalue weighted by Crippen LogP contribution is -2.11. The van der Waals surface area contributed by atoms with E-state index >= 15 is 0 Å². The number of aromatic nitrogens is 3. The average Bonchev–Trinajstić information content (AvgIpc) is 2.97. The van der Waals surface area contributed by atoms with E-state index in [2.05, 4.69) is 36.4 Å². The van der Waals surface area contributed by atoms with Gasteiger partial charge in [-0.15, -0.1) is 0 Å². The molecule has 0 aliphatic rings. The van der Waals surface area contributed by atoms with Gasteiger partial charge < -0.3 is 10.3 Å². The summed E-state index contributed by atoms with van der Waals surface area (Å²) in [5.74, 6) is -0.740. The van der Waals surface area contributed by atoms with E-state index in [0.717, 1.165) is 0 Å². The Morgan fingerprint density at radius 3 is 2.95 bits per heavy atom. The van der Waals surface area contributed by atoms with Gasteiger partial charge in [0.15, 0.2) is 0 Å². The molecule has 2 aromatic heterocycles. The van der Waals surface area contributed by atoms with Crippen molar-refractivity contribution in [1.29, 1.82) is 0 Å². The Hall–Kier alpha value is -2.15. The molecule has 3 rings (SSSR count). The van der Waals surface area contributed by atoms with Gasteiger partial charge in [0, 0.05) is 16.1 Å². The van der Waals surface area contributed by atoms with Gasteiger partial charge in [0.1, 0.15) is 11.5 Å². The van der Waals surface area contributed by atoms with E-state index in [1.807, 2.05) is 0 Å². The van der Waals surface area contributed by atoms with Gasteiger partial charge in [-0.3, -0.25) is 9.89 Å². The van der Waals surface area contributed by atoms with Gasteiger partial charge in [0.25, 0.3) is 5.91 Å². The summed E-state index contributed by atoms with van der Waals surface area (Å²) in [6.45, 7) is 0. The summed E-state index contributed by atoms with van der Waals surface area (Å²) in [5.41, 5.74) is 1.39. The quantitative estimate of drug-likeness (QED) is 0.678. The minimum absolute atomic E-state index is 0.285. The molecule has 0 aliphatic heterocycles. The first kappa shape index (κ1) is 11.9. The predicted molar refractivity (Wildman–Crippen MR) is 72.5 cm³/mol. The molecule has 0 saturated heterocycles. The topological polar surface area (TPSA) is 73.6 Å². The zero-order chi connectivity index (χ0) is 13.4. The Bertz CT molecular complexity index is 751. The smallest absolute Gasteiger partial charge is 0.272 e. The molecule has 0 atom stereocenters. The number of nitrogens with zero attached hydrogens (tertiary/aromatic N) is 1. The van der Waals surface area contributed by atoms with Gasteiger partial charge in [-0.1, -0.05) is 15.9 Å². The SMILES string of the molecule is O=C(Nc1cn[nH]c1)c1cc2c(F)cc(Br)cc2[nH]1. The van der Waals surface area contributed by atoms with E-state index in [1.165, 1.54) is 18.3 Å². The van der Waals surface area contributed by atoms with Gasteiger partial charge >= 0.3 is 0 Å². The van der Waals surface area contributed by atoms with Gasteiger partial charge in [-0.2, -0.15) is 5.10 Å². The van der Waals surface area contributed by atoms with Crippen LogP contribution in [-0.2, 0) is 0 Å². The summed E-state index contributed by atoms with van der Waals surface area (Å²) in [6, 6.07) is 4.55. The number of hydrogen-bond acceptors (Lipinski definition) is 2. The first-order valence-electron chi connectivity index (χ1n) is 5.41. The molecule has 0 unspecified atom stereocenters. The van der Waals surface area contributed by atoms with Crippen LogP contribution in [0.1, 0.15) is 10.5 Å². The zero-order valence-electron chi connectivity index (χ0n) is 9.50. The number of fused-ring (bicyclic) bond motifs is 1. The van der Waals surface area contributed by atoms with Crippen molar-refractivity contribution in [2.75, 3.05) is 5.32 Å². The maximum Gasteiger partial charge on any atom is 0.272 e. The molecule has 0 bridgehead atoms. The fourth-order valence-corrected chi connectivity index (χ4v) is 2.23. The van der Waals surface area contributed by atoms with E-state index in [1.54, 1.807) is 12.3 Å². The third-order valence-electron chi connectivity index (χ3n) is 2.65. The van der Waals surface area contributed by atoms with Crippen LogP contribution in [0.4, 0.5) is 10.1 Å². The minimum atomic E-state index is -0.386. The largest absolute Gasteiger partial charge is 0.350 e. The predicted octanol–water partition coefficient (Wildman–Crippen LogP) is 3.04. The molecule has 0 fully saturated rings. The molecular formula is C12H8BrFN4O. The second-order valence-electron chi connectivity index (χ2n) is 3.97. The molecule has 0 radical (unpaired) electrons. The number of nitrogens with one attached hydrogen (secondary N) is 3. The number of H-pyrrole nitrogens is 2. The molecule has 2 heterocycles. The number of carbonyl (C=O) groups is 1. The van der Waals surface area contributed by atoms with E-state index < -0.39 is 0 Å². The number of rotatable bonds is 2. The zero-order valence-corrected chi connectivity index (χ0v) is 11.1. The van der Waals surface area contributed by atoms with Crippen molar-refractivity contribution in [1.82, 2.24) is 15.2 Å². The Morgan fingerprint density at radius 2 is 2.21 bits per heavy atom. The lowest BCUT2D eigenvalue weighted by atomic mass is 10.2. The number of anilines is 1. The number of carbonyl (C=O) groups excluding carboxylic acids is 1. The summed E-state index contributed by atoms with van der Waals surface area (Å²) < 4.78 is 14.3. The number of amides is 1. The molecule has 96 valence electrons. The summed E-state index contributed by atoms with van der Waals surface area (Å²) in [4.78, 5) is 14.8. The van der Waals surface area contributed by atoms with Crippen LogP contribution in [-0.4, -0.2) is 21.1 Å². The van der Waals surface area contributed by atoms with Gasteiger partial charge in [-0.05, 0) is 18.2 Å². The van der Waals surface area contributed by atoms with Crippen molar-refractivity contribution in [3.8, 4) is 0 Å².